The van der Waals surface area contributed by atoms with Gasteiger partial charge in [0.1, 0.15) is 18.3 Å². The number of fused-ring (bicyclic) bond motifs is 1. The molecule has 0 fully saturated rings. The zero-order chi connectivity index (χ0) is 18.1. The van der Waals surface area contributed by atoms with Crippen molar-refractivity contribution in [2.45, 2.75) is 20.4 Å². The molecule has 0 amide bonds. The number of hydrogen-bond acceptors (Lipinski definition) is 6. The fourth-order valence-electron chi connectivity index (χ4n) is 2.73. The number of benzene rings is 1. The minimum atomic E-state index is -1.04. The predicted molar refractivity (Wildman–Crippen MR) is 87.9 cm³/mol. The molecule has 1 N–H and O–H groups in total. The van der Waals surface area contributed by atoms with Crippen molar-refractivity contribution in [2.75, 3.05) is 0 Å². The Morgan fingerprint density at radius 3 is 2.48 bits per heavy atom. The van der Waals surface area contributed by atoms with Gasteiger partial charge in [0, 0.05) is 30.3 Å². The molecule has 0 aliphatic carbocycles. The largest absolute Gasteiger partial charge is 0.480 e. The maximum atomic E-state index is 11.9. The van der Waals surface area contributed by atoms with Gasteiger partial charge in [-0.05, 0) is 30.2 Å². The molecule has 0 atom stereocenters. The molecule has 3 aromatic rings. The van der Waals surface area contributed by atoms with E-state index in [-0.39, 0.29) is 23.8 Å². The van der Waals surface area contributed by atoms with Crippen molar-refractivity contribution in [3.8, 4) is 17.2 Å². The van der Waals surface area contributed by atoms with Crippen LogP contribution in [0.5, 0.6) is 0 Å². The van der Waals surface area contributed by atoms with E-state index in [0.717, 1.165) is 11.1 Å². The van der Waals surface area contributed by atoms with Crippen LogP contribution in [0.1, 0.15) is 28.8 Å². The Bertz CT molecular complexity index is 1040. The maximum Gasteiger partial charge on any atom is 0.325 e. The summed E-state index contributed by atoms with van der Waals surface area (Å²) < 4.78 is 1.32. The molecule has 0 radical (unpaired) electrons. The zero-order valence-corrected chi connectivity index (χ0v) is 13.5. The Hall–Kier alpha value is -3.60. The van der Waals surface area contributed by atoms with Crippen LogP contribution >= 0.6 is 0 Å². The number of nitriles is 1. The molecular formula is C17H13N5O3. The number of nitrogens with zero attached hydrogens (tertiary/aromatic N) is 5. The van der Waals surface area contributed by atoms with Crippen LogP contribution < -0.4 is 0 Å². The molecule has 3 rings (SSSR count). The molecule has 8 nitrogen and oxygen atoms in total. The van der Waals surface area contributed by atoms with E-state index < -0.39 is 5.97 Å². The smallest absolute Gasteiger partial charge is 0.325 e. The monoisotopic (exact) mass is 335 g/mol. The highest BCUT2D eigenvalue weighted by Crippen LogP contribution is 2.29. The predicted octanol–water partition coefficient (Wildman–Crippen LogP) is 1.96. The Morgan fingerprint density at radius 2 is 1.92 bits per heavy atom. The Kier molecular flexibility index (Phi) is 3.99. The highest BCUT2D eigenvalue weighted by atomic mass is 16.4. The third-order valence-corrected chi connectivity index (χ3v) is 3.74. The molecule has 0 unspecified atom stereocenters. The van der Waals surface area contributed by atoms with Crippen molar-refractivity contribution >= 4 is 22.7 Å². The van der Waals surface area contributed by atoms with Crippen molar-refractivity contribution in [3.63, 3.8) is 0 Å². The summed E-state index contributed by atoms with van der Waals surface area (Å²) in [6, 6.07) is 5.46. The maximum absolute atomic E-state index is 11.9. The van der Waals surface area contributed by atoms with Crippen molar-refractivity contribution in [1.82, 2.24) is 19.7 Å². The van der Waals surface area contributed by atoms with Crippen LogP contribution in [0.3, 0.4) is 0 Å². The minimum Gasteiger partial charge on any atom is -0.480 e. The summed E-state index contributed by atoms with van der Waals surface area (Å²) in [6.07, 6.45) is 3.06. The van der Waals surface area contributed by atoms with Crippen molar-refractivity contribution in [2.24, 2.45) is 0 Å². The Balaban J connectivity index is 2.23. The van der Waals surface area contributed by atoms with E-state index in [1.807, 2.05) is 19.1 Å². The van der Waals surface area contributed by atoms with Crippen LogP contribution in [-0.2, 0) is 11.3 Å². The summed E-state index contributed by atoms with van der Waals surface area (Å²) in [5.41, 5.74) is 3.04. The van der Waals surface area contributed by atoms with E-state index in [0.29, 0.717) is 16.5 Å². The van der Waals surface area contributed by atoms with Crippen LogP contribution in [-0.4, -0.2) is 36.6 Å². The van der Waals surface area contributed by atoms with E-state index in [2.05, 4.69) is 15.1 Å². The normalized spacial score (nSPS) is 10.6. The molecule has 25 heavy (non-hydrogen) atoms. The summed E-state index contributed by atoms with van der Waals surface area (Å²) >= 11 is 0. The van der Waals surface area contributed by atoms with Gasteiger partial charge in [-0.1, -0.05) is 0 Å². The number of carboxylic acid groups (broad SMARTS) is 1. The number of aliphatic carboxylic acids is 1. The van der Waals surface area contributed by atoms with Gasteiger partial charge >= 0.3 is 5.97 Å². The number of Topliss-reactive ketones (excluding diaryl/α,β-unsaturated/α-hetero) is 1. The number of carboxylic acids is 1. The highest BCUT2D eigenvalue weighted by molar-refractivity contribution is 6.06. The van der Waals surface area contributed by atoms with Gasteiger partial charge in [0.15, 0.2) is 5.78 Å². The lowest BCUT2D eigenvalue weighted by Crippen LogP contribution is -2.11. The third-order valence-electron chi connectivity index (χ3n) is 3.74. The first-order valence-electron chi connectivity index (χ1n) is 7.37. The second-order valence-corrected chi connectivity index (χ2v) is 5.55. The second kappa shape index (κ2) is 6.13. The highest BCUT2D eigenvalue weighted by Gasteiger charge is 2.18. The molecule has 2 aromatic heterocycles. The average molecular weight is 335 g/mol. The lowest BCUT2D eigenvalue weighted by Gasteiger charge is -2.06. The molecular weight excluding hydrogens is 322 g/mol. The number of ketones is 1. The van der Waals surface area contributed by atoms with Crippen LogP contribution in [0.25, 0.3) is 22.0 Å². The Morgan fingerprint density at radius 1 is 1.24 bits per heavy atom. The molecule has 0 saturated heterocycles. The van der Waals surface area contributed by atoms with Crippen molar-refractivity contribution in [1.29, 1.82) is 5.26 Å². The zero-order valence-electron chi connectivity index (χ0n) is 13.5. The lowest BCUT2D eigenvalue weighted by atomic mass is 10.0. The van der Waals surface area contributed by atoms with E-state index in [4.69, 9.17) is 10.4 Å². The van der Waals surface area contributed by atoms with Crippen molar-refractivity contribution < 1.29 is 14.7 Å². The molecule has 0 aliphatic rings. The minimum absolute atomic E-state index is 0.0697. The van der Waals surface area contributed by atoms with Crippen LogP contribution in [0.2, 0.25) is 0 Å². The summed E-state index contributed by atoms with van der Waals surface area (Å²) in [5.74, 6) is -1.22. The van der Waals surface area contributed by atoms with Gasteiger partial charge in [0.2, 0.25) is 5.82 Å². The van der Waals surface area contributed by atoms with E-state index in [1.165, 1.54) is 24.0 Å². The topological polar surface area (TPSA) is 122 Å². The van der Waals surface area contributed by atoms with E-state index >= 15 is 0 Å². The molecule has 8 heteroatoms. The Labute approximate surface area is 142 Å². The van der Waals surface area contributed by atoms with Gasteiger partial charge in [-0.15, -0.1) is 0 Å². The van der Waals surface area contributed by atoms with Gasteiger partial charge in [-0.2, -0.15) is 10.4 Å². The van der Waals surface area contributed by atoms with Gasteiger partial charge in [-0.3, -0.25) is 14.3 Å². The van der Waals surface area contributed by atoms with Crippen molar-refractivity contribution in [3.05, 3.63) is 41.6 Å². The number of carbonyl (C=O) groups excluding carboxylic acids is 1. The van der Waals surface area contributed by atoms with E-state index in [9.17, 15) is 9.59 Å². The first-order valence-corrected chi connectivity index (χ1v) is 7.37. The first-order chi connectivity index (χ1) is 11.9. The number of hydrogen-bond donors (Lipinski definition) is 1. The number of rotatable bonds is 4. The fraction of sp³-hybridized carbons (Fsp3) is 0.176. The molecule has 124 valence electrons. The average Bonchev–Trinajstić information content (AvgIpc) is 2.93. The quantitative estimate of drug-likeness (QED) is 0.723. The molecule has 0 spiro atoms. The van der Waals surface area contributed by atoms with Gasteiger partial charge < -0.3 is 5.11 Å². The number of aryl methyl sites for hydroxylation is 1. The van der Waals surface area contributed by atoms with Gasteiger partial charge in [-0.25, -0.2) is 9.97 Å². The molecule has 0 saturated carbocycles. The number of carbonyl (C=O) groups is 2. The number of aromatic nitrogens is 4. The third kappa shape index (κ3) is 2.95. The van der Waals surface area contributed by atoms with E-state index in [1.54, 1.807) is 6.07 Å². The first kappa shape index (κ1) is 16.3. The fourth-order valence-corrected chi connectivity index (χ4v) is 2.73. The molecule has 0 bridgehead atoms. The molecule has 2 heterocycles. The summed E-state index contributed by atoms with van der Waals surface area (Å²) in [5, 5.41) is 22.6. The van der Waals surface area contributed by atoms with Gasteiger partial charge in [0.05, 0.1) is 5.52 Å². The molecule has 1 aromatic carbocycles. The summed E-state index contributed by atoms with van der Waals surface area (Å²) in [6.45, 7) is 2.88. The SMILES string of the molecule is CC(=O)c1nn(CC(=O)O)c2c(C)cc(-c3cnc(C#N)nc3)cc12. The van der Waals surface area contributed by atoms with Crippen LogP contribution in [0.4, 0.5) is 0 Å². The van der Waals surface area contributed by atoms with Crippen LogP contribution in [0.15, 0.2) is 24.5 Å². The summed E-state index contributed by atoms with van der Waals surface area (Å²) in [4.78, 5) is 30.9. The lowest BCUT2D eigenvalue weighted by molar-refractivity contribution is -0.137. The summed E-state index contributed by atoms with van der Waals surface area (Å²) in [7, 11) is 0. The van der Waals surface area contributed by atoms with Gasteiger partial charge in [0.25, 0.3) is 0 Å². The molecule has 0 aliphatic heterocycles. The van der Waals surface area contributed by atoms with Crippen LogP contribution in [0, 0.1) is 18.3 Å². The second-order valence-electron chi connectivity index (χ2n) is 5.55. The standard InChI is InChI=1S/C17H13N5O3/c1-9-3-11(12-6-19-14(5-18)20-7-12)4-13-16(10(2)23)21-22(17(9)13)8-15(24)25/h3-4,6-7H,8H2,1-2H3,(H,24,25).